The van der Waals surface area contributed by atoms with Crippen LogP contribution in [0.1, 0.15) is 32.6 Å². The maximum Gasteiger partial charge on any atom is 0.303 e. The predicted octanol–water partition coefficient (Wildman–Crippen LogP) is 1.83. The smallest absolute Gasteiger partial charge is 0.303 e. The fraction of sp³-hybridized carbons (Fsp3) is 0.909. The molecule has 1 aliphatic heterocycles. The van der Waals surface area contributed by atoms with Gasteiger partial charge in [-0.15, -0.1) is 0 Å². The van der Waals surface area contributed by atoms with Crippen molar-refractivity contribution in [3.05, 3.63) is 0 Å². The Bertz CT molecular complexity index is 194. The second kappa shape index (κ2) is 5.35. The lowest BCUT2D eigenvalue weighted by Crippen LogP contribution is -2.20. The molecular weight excluding hydrogens is 178 g/mol. The summed E-state index contributed by atoms with van der Waals surface area (Å²) in [5, 5.41) is 8.64. The SMILES string of the molecule is CCC(CCC(=O)O)C1CCN(C)C1. The fourth-order valence-corrected chi connectivity index (χ4v) is 2.44. The number of nitrogens with zero attached hydrogens (tertiary/aromatic N) is 1. The van der Waals surface area contributed by atoms with E-state index >= 15 is 0 Å². The van der Waals surface area contributed by atoms with Crippen molar-refractivity contribution in [2.75, 3.05) is 20.1 Å². The molecule has 1 N–H and O–H groups in total. The van der Waals surface area contributed by atoms with E-state index in [2.05, 4.69) is 18.9 Å². The Morgan fingerprint density at radius 1 is 1.64 bits per heavy atom. The van der Waals surface area contributed by atoms with Crippen molar-refractivity contribution >= 4 is 5.97 Å². The number of rotatable bonds is 5. The topological polar surface area (TPSA) is 40.5 Å². The van der Waals surface area contributed by atoms with Gasteiger partial charge in [-0.05, 0) is 38.3 Å². The first kappa shape index (κ1) is 11.5. The van der Waals surface area contributed by atoms with Gasteiger partial charge in [-0.3, -0.25) is 4.79 Å². The van der Waals surface area contributed by atoms with Crippen LogP contribution in [0.2, 0.25) is 0 Å². The third-order valence-corrected chi connectivity index (χ3v) is 3.35. The van der Waals surface area contributed by atoms with Crippen molar-refractivity contribution in [3.8, 4) is 0 Å². The molecule has 14 heavy (non-hydrogen) atoms. The van der Waals surface area contributed by atoms with Crippen LogP contribution in [-0.2, 0) is 4.79 Å². The number of carbonyl (C=O) groups is 1. The van der Waals surface area contributed by atoms with Crippen molar-refractivity contribution in [1.29, 1.82) is 0 Å². The lowest BCUT2D eigenvalue weighted by atomic mass is 9.86. The van der Waals surface area contributed by atoms with E-state index < -0.39 is 5.97 Å². The highest BCUT2D eigenvalue weighted by atomic mass is 16.4. The molecular formula is C11H21NO2. The highest BCUT2D eigenvalue weighted by Crippen LogP contribution is 2.28. The minimum atomic E-state index is -0.658. The van der Waals surface area contributed by atoms with Crippen LogP contribution in [0.5, 0.6) is 0 Å². The third kappa shape index (κ3) is 3.29. The lowest BCUT2D eigenvalue weighted by molar-refractivity contribution is -0.137. The van der Waals surface area contributed by atoms with Crippen LogP contribution in [0.15, 0.2) is 0 Å². The lowest BCUT2D eigenvalue weighted by Gasteiger charge is -2.21. The molecule has 3 heteroatoms. The number of aliphatic carboxylic acids is 1. The summed E-state index contributed by atoms with van der Waals surface area (Å²) in [6, 6.07) is 0. The number of carboxylic acids is 1. The second-order valence-corrected chi connectivity index (χ2v) is 4.41. The van der Waals surface area contributed by atoms with Gasteiger partial charge in [0.05, 0.1) is 0 Å². The summed E-state index contributed by atoms with van der Waals surface area (Å²) < 4.78 is 0. The molecule has 0 aromatic carbocycles. The normalized spacial score (nSPS) is 25.1. The first-order chi connectivity index (χ1) is 6.63. The molecule has 0 aromatic heterocycles. The van der Waals surface area contributed by atoms with Crippen LogP contribution in [0, 0.1) is 11.8 Å². The van der Waals surface area contributed by atoms with Crippen LogP contribution in [0.4, 0.5) is 0 Å². The molecule has 1 saturated heterocycles. The Morgan fingerprint density at radius 3 is 2.79 bits per heavy atom. The zero-order valence-electron chi connectivity index (χ0n) is 9.20. The molecule has 0 radical (unpaired) electrons. The quantitative estimate of drug-likeness (QED) is 0.734. The maximum atomic E-state index is 10.5. The molecule has 2 unspecified atom stereocenters. The Balaban J connectivity index is 2.34. The van der Waals surface area contributed by atoms with E-state index in [9.17, 15) is 4.79 Å². The highest BCUT2D eigenvalue weighted by Gasteiger charge is 2.26. The van der Waals surface area contributed by atoms with Gasteiger partial charge >= 0.3 is 5.97 Å². The molecule has 0 aromatic rings. The number of hydrogen-bond donors (Lipinski definition) is 1. The highest BCUT2D eigenvalue weighted by molar-refractivity contribution is 5.66. The Hall–Kier alpha value is -0.570. The Kier molecular flexibility index (Phi) is 4.39. The van der Waals surface area contributed by atoms with E-state index in [1.54, 1.807) is 0 Å². The van der Waals surface area contributed by atoms with Crippen LogP contribution in [0.3, 0.4) is 0 Å². The first-order valence-corrected chi connectivity index (χ1v) is 5.53. The van der Waals surface area contributed by atoms with Gasteiger partial charge in [0.2, 0.25) is 0 Å². The van der Waals surface area contributed by atoms with Crippen LogP contribution in [0.25, 0.3) is 0 Å². The molecule has 82 valence electrons. The van der Waals surface area contributed by atoms with Gasteiger partial charge in [0.25, 0.3) is 0 Å². The zero-order chi connectivity index (χ0) is 10.6. The second-order valence-electron chi connectivity index (χ2n) is 4.41. The summed E-state index contributed by atoms with van der Waals surface area (Å²) in [7, 11) is 2.14. The summed E-state index contributed by atoms with van der Waals surface area (Å²) in [5.41, 5.74) is 0. The van der Waals surface area contributed by atoms with Crippen molar-refractivity contribution < 1.29 is 9.90 Å². The van der Waals surface area contributed by atoms with Gasteiger partial charge in [0.15, 0.2) is 0 Å². The summed E-state index contributed by atoms with van der Waals surface area (Å²) in [6.45, 7) is 4.50. The maximum absolute atomic E-state index is 10.5. The van der Waals surface area contributed by atoms with Crippen molar-refractivity contribution in [1.82, 2.24) is 4.90 Å². The molecule has 2 atom stereocenters. The van der Waals surface area contributed by atoms with Crippen LogP contribution < -0.4 is 0 Å². The van der Waals surface area contributed by atoms with Gasteiger partial charge in [-0.1, -0.05) is 13.3 Å². The van der Waals surface area contributed by atoms with E-state index in [-0.39, 0.29) is 0 Å². The van der Waals surface area contributed by atoms with E-state index in [1.165, 1.54) is 13.0 Å². The molecule has 0 aliphatic carbocycles. The van der Waals surface area contributed by atoms with Gasteiger partial charge in [0.1, 0.15) is 0 Å². The summed E-state index contributed by atoms with van der Waals surface area (Å²) in [5.74, 6) is 0.676. The van der Waals surface area contributed by atoms with Crippen molar-refractivity contribution in [2.24, 2.45) is 11.8 Å². The van der Waals surface area contributed by atoms with Gasteiger partial charge in [-0.2, -0.15) is 0 Å². The minimum absolute atomic E-state index is 0.332. The average molecular weight is 199 g/mol. The number of carboxylic acid groups (broad SMARTS) is 1. The van der Waals surface area contributed by atoms with Crippen molar-refractivity contribution in [3.63, 3.8) is 0 Å². The molecule has 0 saturated carbocycles. The van der Waals surface area contributed by atoms with Gasteiger partial charge in [-0.25, -0.2) is 0 Å². The summed E-state index contributed by atoms with van der Waals surface area (Å²) >= 11 is 0. The third-order valence-electron chi connectivity index (χ3n) is 3.35. The Morgan fingerprint density at radius 2 is 2.36 bits per heavy atom. The molecule has 1 fully saturated rings. The standard InChI is InChI=1S/C11H21NO2/c1-3-9(4-5-11(13)14)10-6-7-12(2)8-10/h9-10H,3-8H2,1-2H3,(H,13,14). The van der Waals surface area contributed by atoms with Gasteiger partial charge < -0.3 is 10.0 Å². The van der Waals surface area contributed by atoms with E-state index in [1.807, 2.05) is 0 Å². The molecule has 3 nitrogen and oxygen atoms in total. The largest absolute Gasteiger partial charge is 0.481 e. The number of likely N-dealkylation sites (tertiary alicyclic amines) is 1. The van der Waals surface area contributed by atoms with E-state index in [0.29, 0.717) is 12.3 Å². The molecule has 1 rings (SSSR count). The molecule has 0 bridgehead atoms. The molecule has 1 heterocycles. The zero-order valence-corrected chi connectivity index (χ0v) is 9.20. The number of hydrogen-bond acceptors (Lipinski definition) is 2. The first-order valence-electron chi connectivity index (χ1n) is 5.53. The van der Waals surface area contributed by atoms with E-state index in [4.69, 9.17) is 5.11 Å². The molecule has 1 aliphatic rings. The monoisotopic (exact) mass is 199 g/mol. The fourth-order valence-electron chi connectivity index (χ4n) is 2.44. The van der Waals surface area contributed by atoms with E-state index in [0.717, 1.165) is 25.3 Å². The average Bonchev–Trinajstić information content (AvgIpc) is 2.53. The van der Waals surface area contributed by atoms with Crippen LogP contribution in [-0.4, -0.2) is 36.1 Å². The Labute approximate surface area is 86.1 Å². The van der Waals surface area contributed by atoms with Crippen LogP contribution >= 0.6 is 0 Å². The molecule has 0 spiro atoms. The minimum Gasteiger partial charge on any atom is -0.481 e. The van der Waals surface area contributed by atoms with Crippen molar-refractivity contribution in [2.45, 2.75) is 32.6 Å². The van der Waals surface area contributed by atoms with Gasteiger partial charge in [0, 0.05) is 13.0 Å². The summed E-state index contributed by atoms with van der Waals surface area (Å²) in [6.07, 6.45) is 3.55. The predicted molar refractivity (Wildman–Crippen MR) is 56.3 cm³/mol. The summed E-state index contributed by atoms with van der Waals surface area (Å²) in [4.78, 5) is 12.8. The molecule has 0 amide bonds.